The zero-order valence-corrected chi connectivity index (χ0v) is 12.1. The molecule has 21 heavy (non-hydrogen) atoms. The second-order valence-electron chi connectivity index (χ2n) is 4.87. The molecular weight excluding hydrogens is 274 g/mol. The van der Waals surface area contributed by atoms with Gasteiger partial charge in [0.25, 0.3) is 11.7 Å². The van der Waals surface area contributed by atoms with Crippen molar-refractivity contribution in [2.75, 3.05) is 13.6 Å². The fourth-order valence-corrected chi connectivity index (χ4v) is 2.12. The summed E-state index contributed by atoms with van der Waals surface area (Å²) in [6.45, 7) is 3.60. The van der Waals surface area contributed by atoms with Crippen LogP contribution in [-0.4, -0.2) is 55.1 Å². The van der Waals surface area contributed by atoms with Crippen LogP contribution in [0, 0.1) is 5.92 Å². The SMILES string of the molecule is CCc1c(C(=O)N(C)CC(C)C(=O)O)cnc2ncnn12. The second kappa shape index (κ2) is 5.86. The number of carboxylic acid groups (broad SMARTS) is 1. The number of amides is 1. The maximum Gasteiger partial charge on any atom is 0.308 e. The van der Waals surface area contributed by atoms with Crippen LogP contribution < -0.4 is 0 Å². The smallest absolute Gasteiger partial charge is 0.308 e. The monoisotopic (exact) mass is 291 g/mol. The Morgan fingerprint density at radius 3 is 2.76 bits per heavy atom. The molecule has 2 rings (SSSR count). The third-order valence-corrected chi connectivity index (χ3v) is 3.29. The number of carboxylic acids is 1. The highest BCUT2D eigenvalue weighted by Gasteiger charge is 2.22. The van der Waals surface area contributed by atoms with E-state index in [4.69, 9.17) is 5.11 Å². The van der Waals surface area contributed by atoms with Gasteiger partial charge in [0.15, 0.2) is 0 Å². The molecule has 1 N–H and O–H groups in total. The molecular formula is C13H17N5O3. The van der Waals surface area contributed by atoms with Crippen molar-refractivity contribution >= 4 is 17.7 Å². The Kier molecular flexibility index (Phi) is 4.15. The van der Waals surface area contributed by atoms with Crippen LogP contribution in [0.3, 0.4) is 0 Å². The first-order valence-corrected chi connectivity index (χ1v) is 6.61. The lowest BCUT2D eigenvalue weighted by Crippen LogP contribution is -2.34. The fourth-order valence-electron chi connectivity index (χ4n) is 2.12. The molecule has 0 saturated carbocycles. The van der Waals surface area contributed by atoms with Crippen LogP contribution in [0.1, 0.15) is 29.9 Å². The van der Waals surface area contributed by atoms with Gasteiger partial charge in [-0.3, -0.25) is 9.59 Å². The highest BCUT2D eigenvalue weighted by Crippen LogP contribution is 2.13. The van der Waals surface area contributed by atoms with Crippen molar-refractivity contribution in [1.29, 1.82) is 0 Å². The van der Waals surface area contributed by atoms with E-state index in [0.29, 0.717) is 23.5 Å². The lowest BCUT2D eigenvalue weighted by molar-refractivity contribution is -0.141. The number of carbonyl (C=O) groups excluding carboxylic acids is 1. The number of aryl methyl sites for hydroxylation is 1. The quantitative estimate of drug-likeness (QED) is 0.860. The highest BCUT2D eigenvalue weighted by atomic mass is 16.4. The molecule has 0 spiro atoms. The molecule has 0 saturated heterocycles. The summed E-state index contributed by atoms with van der Waals surface area (Å²) < 4.78 is 1.53. The van der Waals surface area contributed by atoms with E-state index < -0.39 is 11.9 Å². The molecule has 1 amide bonds. The topological polar surface area (TPSA) is 101 Å². The molecule has 1 unspecified atom stereocenters. The number of rotatable bonds is 5. The molecule has 8 heteroatoms. The predicted molar refractivity (Wildman–Crippen MR) is 73.9 cm³/mol. The average Bonchev–Trinajstić information content (AvgIpc) is 2.93. The number of hydrogen-bond acceptors (Lipinski definition) is 5. The summed E-state index contributed by atoms with van der Waals surface area (Å²) in [5, 5.41) is 13.0. The predicted octanol–water partition coefficient (Wildman–Crippen LogP) is 0.479. The number of aromatic nitrogens is 4. The molecule has 2 heterocycles. The minimum Gasteiger partial charge on any atom is -0.481 e. The van der Waals surface area contributed by atoms with Gasteiger partial charge in [-0.2, -0.15) is 10.1 Å². The maximum atomic E-state index is 12.5. The van der Waals surface area contributed by atoms with Gasteiger partial charge in [0.2, 0.25) is 0 Å². The minimum absolute atomic E-state index is 0.132. The molecule has 2 aromatic rings. The van der Waals surface area contributed by atoms with E-state index in [-0.39, 0.29) is 12.5 Å². The van der Waals surface area contributed by atoms with Crippen molar-refractivity contribution in [3.05, 3.63) is 23.8 Å². The minimum atomic E-state index is -0.935. The third kappa shape index (κ3) is 2.83. The lowest BCUT2D eigenvalue weighted by atomic mass is 10.1. The zero-order valence-electron chi connectivity index (χ0n) is 12.1. The first-order chi connectivity index (χ1) is 9.95. The number of aliphatic carboxylic acids is 1. The van der Waals surface area contributed by atoms with Crippen molar-refractivity contribution in [2.45, 2.75) is 20.3 Å². The Morgan fingerprint density at radius 2 is 2.14 bits per heavy atom. The van der Waals surface area contributed by atoms with Gasteiger partial charge in [-0.05, 0) is 6.42 Å². The number of hydrogen-bond donors (Lipinski definition) is 1. The van der Waals surface area contributed by atoms with Crippen molar-refractivity contribution in [3.63, 3.8) is 0 Å². The van der Waals surface area contributed by atoms with E-state index in [2.05, 4.69) is 15.1 Å². The fraction of sp³-hybridized carbons (Fsp3) is 0.462. The first kappa shape index (κ1) is 14.9. The van der Waals surface area contributed by atoms with Crippen LogP contribution in [0.5, 0.6) is 0 Å². The molecule has 112 valence electrons. The molecule has 0 aliphatic carbocycles. The van der Waals surface area contributed by atoms with Gasteiger partial charge in [-0.25, -0.2) is 9.50 Å². The van der Waals surface area contributed by atoms with E-state index in [0.717, 1.165) is 0 Å². The Hall–Kier alpha value is -2.51. The maximum absolute atomic E-state index is 12.5. The van der Waals surface area contributed by atoms with E-state index in [1.54, 1.807) is 14.0 Å². The van der Waals surface area contributed by atoms with E-state index in [1.165, 1.54) is 21.9 Å². The number of carbonyl (C=O) groups is 2. The van der Waals surface area contributed by atoms with Crippen LogP contribution in [0.2, 0.25) is 0 Å². The lowest BCUT2D eigenvalue weighted by Gasteiger charge is -2.20. The molecule has 0 aliphatic heterocycles. The molecule has 0 radical (unpaired) electrons. The van der Waals surface area contributed by atoms with Crippen molar-refractivity contribution in [1.82, 2.24) is 24.5 Å². The average molecular weight is 291 g/mol. The van der Waals surface area contributed by atoms with Crippen LogP contribution in [0.15, 0.2) is 12.5 Å². The first-order valence-electron chi connectivity index (χ1n) is 6.61. The van der Waals surface area contributed by atoms with Gasteiger partial charge < -0.3 is 10.0 Å². The molecule has 8 nitrogen and oxygen atoms in total. The zero-order chi connectivity index (χ0) is 15.6. The standard InChI is InChI=1S/C13H17N5O3/c1-4-10-9(5-14-13-15-7-16-18(10)13)11(19)17(3)6-8(2)12(20)21/h5,7-8H,4,6H2,1-3H3,(H,20,21). The van der Waals surface area contributed by atoms with E-state index in [9.17, 15) is 9.59 Å². The van der Waals surface area contributed by atoms with Crippen molar-refractivity contribution < 1.29 is 14.7 Å². The summed E-state index contributed by atoms with van der Waals surface area (Å²) in [7, 11) is 1.58. The third-order valence-electron chi connectivity index (χ3n) is 3.29. The van der Waals surface area contributed by atoms with Crippen LogP contribution in [0.4, 0.5) is 0 Å². The second-order valence-corrected chi connectivity index (χ2v) is 4.87. The largest absolute Gasteiger partial charge is 0.481 e. The number of fused-ring (bicyclic) bond motifs is 1. The van der Waals surface area contributed by atoms with Crippen LogP contribution in [0.25, 0.3) is 5.78 Å². The molecule has 0 bridgehead atoms. The summed E-state index contributed by atoms with van der Waals surface area (Å²) in [6.07, 6.45) is 3.44. The summed E-state index contributed by atoms with van der Waals surface area (Å²) in [5.74, 6) is -1.41. The summed E-state index contributed by atoms with van der Waals surface area (Å²) in [5.41, 5.74) is 1.12. The molecule has 1 atom stereocenters. The van der Waals surface area contributed by atoms with Gasteiger partial charge >= 0.3 is 5.97 Å². The van der Waals surface area contributed by atoms with Gasteiger partial charge in [0, 0.05) is 19.8 Å². The number of nitrogens with zero attached hydrogens (tertiary/aromatic N) is 5. The molecule has 0 aliphatic rings. The highest BCUT2D eigenvalue weighted by molar-refractivity contribution is 5.95. The Labute approximate surface area is 121 Å². The van der Waals surface area contributed by atoms with Crippen LogP contribution >= 0.6 is 0 Å². The summed E-state index contributed by atoms with van der Waals surface area (Å²) >= 11 is 0. The van der Waals surface area contributed by atoms with E-state index in [1.807, 2.05) is 6.92 Å². The van der Waals surface area contributed by atoms with Gasteiger partial charge in [-0.15, -0.1) is 0 Å². The molecule has 0 aromatic carbocycles. The van der Waals surface area contributed by atoms with Gasteiger partial charge in [-0.1, -0.05) is 13.8 Å². The Balaban J connectivity index is 2.32. The van der Waals surface area contributed by atoms with Gasteiger partial charge in [0.05, 0.1) is 17.2 Å². The Morgan fingerprint density at radius 1 is 1.43 bits per heavy atom. The molecule has 2 aromatic heterocycles. The normalized spacial score (nSPS) is 12.3. The van der Waals surface area contributed by atoms with Crippen molar-refractivity contribution in [3.8, 4) is 0 Å². The Bertz CT molecular complexity index is 681. The summed E-state index contributed by atoms with van der Waals surface area (Å²) in [6, 6.07) is 0. The summed E-state index contributed by atoms with van der Waals surface area (Å²) in [4.78, 5) is 32.8. The van der Waals surface area contributed by atoms with E-state index >= 15 is 0 Å². The van der Waals surface area contributed by atoms with Crippen molar-refractivity contribution in [2.24, 2.45) is 5.92 Å². The molecule has 0 fully saturated rings. The van der Waals surface area contributed by atoms with Crippen LogP contribution in [-0.2, 0) is 11.2 Å². The van der Waals surface area contributed by atoms with Gasteiger partial charge in [0.1, 0.15) is 6.33 Å².